The first kappa shape index (κ1) is 15.9. The molecule has 124 valence electrons. The largest absolute Gasteiger partial charge is 0.394 e. The van der Waals surface area contributed by atoms with Gasteiger partial charge in [0.25, 0.3) is 5.78 Å². The maximum Gasteiger partial charge on any atom is 0.252 e. The predicted molar refractivity (Wildman–Crippen MR) is 85.0 cm³/mol. The van der Waals surface area contributed by atoms with Crippen LogP contribution in [-0.2, 0) is 11.2 Å². The highest BCUT2D eigenvalue weighted by molar-refractivity contribution is 5.77. The van der Waals surface area contributed by atoms with Crippen LogP contribution in [0.2, 0.25) is 0 Å². The van der Waals surface area contributed by atoms with Crippen molar-refractivity contribution < 1.29 is 9.90 Å². The molecular weight excluding hydrogens is 294 g/mol. The molecule has 2 aromatic heterocycles. The third-order valence-electron chi connectivity index (χ3n) is 4.74. The molecule has 7 heteroatoms. The Kier molecular flexibility index (Phi) is 4.56. The maximum atomic E-state index is 12.5. The van der Waals surface area contributed by atoms with Crippen LogP contribution in [0.1, 0.15) is 42.6 Å². The van der Waals surface area contributed by atoms with Gasteiger partial charge in [0.2, 0.25) is 5.91 Å². The van der Waals surface area contributed by atoms with Gasteiger partial charge in [0.05, 0.1) is 12.6 Å². The van der Waals surface area contributed by atoms with Crippen molar-refractivity contribution >= 4 is 11.7 Å². The molecule has 3 heterocycles. The van der Waals surface area contributed by atoms with Gasteiger partial charge in [0.1, 0.15) is 6.33 Å². The minimum absolute atomic E-state index is 0.0191. The lowest BCUT2D eigenvalue weighted by atomic mass is 10.0. The Hall–Kier alpha value is -2.02. The highest BCUT2D eigenvalue weighted by Gasteiger charge is 2.26. The number of rotatable bonds is 4. The van der Waals surface area contributed by atoms with E-state index < -0.39 is 0 Å². The maximum absolute atomic E-state index is 12.5. The van der Waals surface area contributed by atoms with Crippen LogP contribution in [0.3, 0.4) is 0 Å². The van der Waals surface area contributed by atoms with Crippen molar-refractivity contribution in [3.8, 4) is 0 Å². The molecule has 23 heavy (non-hydrogen) atoms. The second-order valence-corrected chi connectivity index (χ2v) is 6.15. The van der Waals surface area contributed by atoms with E-state index in [9.17, 15) is 9.90 Å². The number of carbonyl (C=O) groups excluding carboxylic acids is 1. The first-order valence-electron chi connectivity index (χ1n) is 8.18. The van der Waals surface area contributed by atoms with Crippen LogP contribution < -0.4 is 0 Å². The van der Waals surface area contributed by atoms with Gasteiger partial charge in [-0.05, 0) is 45.1 Å². The highest BCUT2D eigenvalue weighted by atomic mass is 16.3. The summed E-state index contributed by atoms with van der Waals surface area (Å²) in [5, 5.41) is 13.6. The molecule has 1 aliphatic rings. The average Bonchev–Trinajstić information content (AvgIpc) is 3.02. The summed E-state index contributed by atoms with van der Waals surface area (Å²) in [4.78, 5) is 22.9. The molecule has 0 aliphatic carbocycles. The molecule has 2 aromatic rings. The van der Waals surface area contributed by atoms with E-state index >= 15 is 0 Å². The molecule has 0 spiro atoms. The summed E-state index contributed by atoms with van der Waals surface area (Å²) < 4.78 is 1.71. The van der Waals surface area contributed by atoms with Gasteiger partial charge >= 0.3 is 0 Å². The number of amides is 1. The Morgan fingerprint density at radius 2 is 2.22 bits per heavy atom. The Labute approximate surface area is 135 Å². The van der Waals surface area contributed by atoms with E-state index in [2.05, 4.69) is 15.1 Å². The van der Waals surface area contributed by atoms with E-state index in [0.717, 1.165) is 42.8 Å². The number of piperidine rings is 1. The van der Waals surface area contributed by atoms with Crippen LogP contribution in [0, 0.1) is 13.8 Å². The second kappa shape index (κ2) is 6.62. The number of hydrogen-bond acceptors (Lipinski definition) is 5. The Morgan fingerprint density at radius 3 is 3.00 bits per heavy atom. The van der Waals surface area contributed by atoms with Crippen LogP contribution in [0.15, 0.2) is 6.33 Å². The molecule has 1 amide bonds. The zero-order chi connectivity index (χ0) is 16.4. The molecule has 3 rings (SSSR count). The number of hydrogen-bond donors (Lipinski definition) is 1. The van der Waals surface area contributed by atoms with Crippen molar-refractivity contribution in [2.45, 2.75) is 52.0 Å². The first-order chi connectivity index (χ1) is 11.1. The minimum Gasteiger partial charge on any atom is -0.394 e. The second-order valence-electron chi connectivity index (χ2n) is 6.15. The number of nitrogens with zero attached hydrogens (tertiary/aromatic N) is 5. The van der Waals surface area contributed by atoms with E-state index in [-0.39, 0.29) is 18.6 Å². The average molecular weight is 317 g/mol. The Bertz CT molecular complexity index is 712. The zero-order valence-corrected chi connectivity index (χ0v) is 13.7. The molecular formula is C16H23N5O2. The van der Waals surface area contributed by atoms with Gasteiger partial charge in [0, 0.05) is 24.4 Å². The number of likely N-dealkylation sites (tertiary alicyclic amines) is 1. The Morgan fingerprint density at radius 1 is 1.39 bits per heavy atom. The van der Waals surface area contributed by atoms with Gasteiger partial charge in [-0.2, -0.15) is 10.1 Å². The first-order valence-corrected chi connectivity index (χ1v) is 8.18. The van der Waals surface area contributed by atoms with Crippen molar-refractivity contribution in [1.29, 1.82) is 0 Å². The molecule has 7 nitrogen and oxygen atoms in total. The van der Waals surface area contributed by atoms with Crippen LogP contribution in [0.25, 0.3) is 5.78 Å². The smallest absolute Gasteiger partial charge is 0.252 e. The molecule has 0 bridgehead atoms. The molecule has 1 unspecified atom stereocenters. The quantitative estimate of drug-likeness (QED) is 0.911. The van der Waals surface area contributed by atoms with Crippen molar-refractivity contribution in [1.82, 2.24) is 24.5 Å². The van der Waals surface area contributed by atoms with Crippen LogP contribution in [0.4, 0.5) is 0 Å². The normalized spacial score (nSPS) is 18.6. The fourth-order valence-corrected chi connectivity index (χ4v) is 3.41. The van der Waals surface area contributed by atoms with E-state index in [1.807, 2.05) is 18.7 Å². The molecule has 0 saturated carbocycles. The fourth-order valence-electron chi connectivity index (χ4n) is 3.41. The third kappa shape index (κ3) is 3.06. The minimum atomic E-state index is -0.0191. The van der Waals surface area contributed by atoms with Crippen LogP contribution >= 0.6 is 0 Å². The number of fused-ring (bicyclic) bond motifs is 1. The van der Waals surface area contributed by atoms with Crippen LogP contribution in [-0.4, -0.2) is 54.7 Å². The lowest BCUT2D eigenvalue weighted by molar-refractivity contribution is -0.135. The number of carbonyl (C=O) groups is 1. The fraction of sp³-hybridized carbons (Fsp3) is 0.625. The van der Waals surface area contributed by atoms with Gasteiger partial charge in [-0.3, -0.25) is 4.79 Å². The van der Waals surface area contributed by atoms with Gasteiger partial charge < -0.3 is 10.0 Å². The monoisotopic (exact) mass is 317 g/mol. The Balaban J connectivity index is 1.74. The molecule has 0 radical (unpaired) electrons. The van der Waals surface area contributed by atoms with Crippen molar-refractivity contribution in [2.75, 3.05) is 13.2 Å². The van der Waals surface area contributed by atoms with E-state index in [1.165, 1.54) is 6.33 Å². The zero-order valence-electron chi connectivity index (χ0n) is 13.7. The van der Waals surface area contributed by atoms with E-state index in [0.29, 0.717) is 18.6 Å². The number of aliphatic hydroxyl groups excluding tert-OH is 1. The molecule has 1 N–H and O–H groups in total. The van der Waals surface area contributed by atoms with Gasteiger partial charge in [-0.25, -0.2) is 9.50 Å². The molecule has 1 atom stereocenters. The van der Waals surface area contributed by atoms with Gasteiger partial charge in [0.15, 0.2) is 0 Å². The summed E-state index contributed by atoms with van der Waals surface area (Å²) in [7, 11) is 0. The van der Waals surface area contributed by atoms with Crippen molar-refractivity contribution in [2.24, 2.45) is 0 Å². The van der Waals surface area contributed by atoms with Crippen molar-refractivity contribution in [3.05, 3.63) is 23.3 Å². The highest BCUT2D eigenvalue weighted by Crippen LogP contribution is 2.20. The molecule has 1 fully saturated rings. The SMILES string of the molecule is Cc1nc2ncnn2c(C)c1CCC(=O)N1CCCCC1CO. The number of aliphatic hydroxyl groups is 1. The summed E-state index contributed by atoms with van der Waals surface area (Å²) in [6.07, 6.45) is 5.55. The van der Waals surface area contributed by atoms with Crippen LogP contribution in [0.5, 0.6) is 0 Å². The summed E-state index contributed by atoms with van der Waals surface area (Å²) in [5.41, 5.74) is 2.93. The van der Waals surface area contributed by atoms with E-state index in [1.54, 1.807) is 4.52 Å². The van der Waals surface area contributed by atoms with Crippen molar-refractivity contribution in [3.63, 3.8) is 0 Å². The third-order valence-corrected chi connectivity index (χ3v) is 4.74. The van der Waals surface area contributed by atoms with Gasteiger partial charge in [-0.15, -0.1) is 0 Å². The number of aromatic nitrogens is 4. The molecule has 0 aromatic carbocycles. The van der Waals surface area contributed by atoms with Gasteiger partial charge in [-0.1, -0.05) is 0 Å². The molecule has 1 saturated heterocycles. The summed E-state index contributed by atoms with van der Waals surface area (Å²) in [5.74, 6) is 0.702. The lowest BCUT2D eigenvalue weighted by Gasteiger charge is -2.34. The lowest BCUT2D eigenvalue weighted by Crippen LogP contribution is -2.45. The standard InChI is InChI=1S/C16H23N5O2/c1-11-14(12(2)21-16(19-11)17-10-18-21)6-7-15(23)20-8-4-3-5-13(20)9-22/h10,13,22H,3-9H2,1-2H3. The topological polar surface area (TPSA) is 83.6 Å². The number of aryl methyl sites for hydroxylation is 2. The summed E-state index contributed by atoms with van der Waals surface area (Å²) in [6.45, 7) is 4.73. The molecule has 1 aliphatic heterocycles. The summed E-state index contributed by atoms with van der Waals surface area (Å²) in [6, 6.07) is -0.0191. The summed E-state index contributed by atoms with van der Waals surface area (Å²) >= 11 is 0. The van der Waals surface area contributed by atoms with E-state index in [4.69, 9.17) is 0 Å². The predicted octanol–water partition coefficient (Wildman–Crippen LogP) is 1.05.